The van der Waals surface area contributed by atoms with Gasteiger partial charge in [0.25, 0.3) is 0 Å². The molecular weight excluding hydrogens is 288 g/mol. The Morgan fingerprint density at radius 3 is 2.65 bits per heavy atom. The van der Waals surface area contributed by atoms with Crippen molar-refractivity contribution in [2.45, 2.75) is 39.3 Å². The predicted octanol–water partition coefficient (Wildman–Crippen LogP) is 3.77. The lowest BCUT2D eigenvalue weighted by molar-refractivity contribution is -0.0421. The molecule has 124 valence electrons. The molecule has 0 N–H and O–H groups in total. The highest BCUT2D eigenvalue weighted by Crippen LogP contribution is 2.49. The third-order valence-corrected chi connectivity index (χ3v) is 5.23. The van der Waals surface area contributed by atoms with E-state index < -0.39 is 0 Å². The molecule has 0 bridgehead atoms. The quantitative estimate of drug-likeness (QED) is 0.813. The van der Waals surface area contributed by atoms with E-state index >= 15 is 0 Å². The van der Waals surface area contributed by atoms with Gasteiger partial charge in [0, 0.05) is 12.1 Å². The van der Waals surface area contributed by atoms with E-state index in [4.69, 9.17) is 9.26 Å². The SMILES string of the molecule is CN(C)[C@H]1C[C@@H](Cc2cc(COc3ccccc3)on2)C1(C)C. The van der Waals surface area contributed by atoms with Gasteiger partial charge in [0.2, 0.25) is 0 Å². The summed E-state index contributed by atoms with van der Waals surface area (Å²) in [7, 11) is 4.33. The van der Waals surface area contributed by atoms with Crippen LogP contribution in [0.25, 0.3) is 0 Å². The molecule has 4 heteroatoms. The first-order chi connectivity index (χ1) is 11.0. The third kappa shape index (κ3) is 3.42. The normalized spacial score (nSPS) is 22.8. The van der Waals surface area contributed by atoms with Gasteiger partial charge in [-0.05, 0) is 50.4 Å². The van der Waals surface area contributed by atoms with Gasteiger partial charge in [-0.3, -0.25) is 0 Å². The Labute approximate surface area is 138 Å². The van der Waals surface area contributed by atoms with Crippen LogP contribution in [0.15, 0.2) is 40.9 Å². The van der Waals surface area contributed by atoms with Crippen LogP contribution in [0, 0.1) is 11.3 Å². The first-order valence-corrected chi connectivity index (χ1v) is 8.25. The lowest BCUT2D eigenvalue weighted by atomic mass is 9.57. The van der Waals surface area contributed by atoms with Gasteiger partial charge in [0.15, 0.2) is 5.76 Å². The van der Waals surface area contributed by atoms with Crippen LogP contribution in [0.5, 0.6) is 5.75 Å². The second-order valence-corrected chi connectivity index (χ2v) is 7.32. The van der Waals surface area contributed by atoms with Gasteiger partial charge in [0.05, 0.1) is 5.69 Å². The molecule has 2 aromatic rings. The summed E-state index contributed by atoms with van der Waals surface area (Å²) in [5.74, 6) is 2.28. The number of nitrogens with zero attached hydrogens (tertiary/aromatic N) is 2. The molecular formula is C19H26N2O2. The summed E-state index contributed by atoms with van der Waals surface area (Å²) in [4.78, 5) is 2.33. The molecule has 1 heterocycles. The largest absolute Gasteiger partial charge is 0.486 e. The number of ether oxygens (including phenoxy) is 1. The summed E-state index contributed by atoms with van der Waals surface area (Å²) in [6.45, 7) is 5.13. The van der Waals surface area contributed by atoms with Crippen molar-refractivity contribution in [3.05, 3.63) is 47.9 Å². The standard InChI is InChI=1S/C19H26N2O2/c1-19(2)14(11-18(19)21(3)4)10-15-12-17(23-20-15)13-22-16-8-6-5-7-9-16/h5-9,12,14,18H,10-11,13H2,1-4H3/t14-,18+/m1/s1. The zero-order chi connectivity index (χ0) is 16.4. The van der Waals surface area contributed by atoms with Crippen LogP contribution < -0.4 is 4.74 Å². The Morgan fingerprint density at radius 1 is 1.26 bits per heavy atom. The highest BCUT2D eigenvalue weighted by molar-refractivity contribution is 5.21. The zero-order valence-corrected chi connectivity index (χ0v) is 14.5. The van der Waals surface area contributed by atoms with Crippen molar-refractivity contribution in [3.8, 4) is 5.75 Å². The number of rotatable bonds is 6. The molecule has 1 aromatic carbocycles. The maximum atomic E-state index is 5.70. The topological polar surface area (TPSA) is 38.5 Å². The average Bonchev–Trinajstić information content (AvgIpc) is 2.97. The molecule has 0 radical (unpaired) electrons. The highest BCUT2D eigenvalue weighted by Gasteiger charge is 2.48. The number of hydrogen-bond acceptors (Lipinski definition) is 4. The molecule has 1 fully saturated rings. The summed E-state index contributed by atoms with van der Waals surface area (Å²) >= 11 is 0. The molecule has 0 aliphatic heterocycles. The third-order valence-electron chi connectivity index (χ3n) is 5.23. The second-order valence-electron chi connectivity index (χ2n) is 7.32. The average molecular weight is 314 g/mol. The molecule has 1 aliphatic rings. The summed E-state index contributed by atoms with van der Waals surface area (Å²) < 4.78 is 11.1. The van der Waals surface area contributed by atoms with Crippen LogP contribution in [0.2, 0.25) is 0 Å². The van der Waals surface area contributed by atoms with Gasteiger partial charge >= 0.3 is 0 Å². The van der Waals surface area contributed by atoms with Gasteiger partial charge in [-0.15, -0.1) is 0 Å². The second kappa shape index (κ2) is 6.36. The van der Waals surface area contributed by atoms with Crippen LogP contribution in [-0.4, -0.2) is 30.2 Å². The first-order valence-electron chi connectivity index (χ1n) is 8.25. The van der Waals surface area contributed by atoms with Crippen LogP contribution in [0.1, 0.15) is 31.7 Å². The fourth-order valence-corrected chi connectivity index (χ4v) is 3.65. The number of aromatic nitrogens is 1. The van der Waals surface area contributed by atoms with Crippen molar-refractivity contribution in [2.24, 2.45) is 11.3 Å². The van der Waals surface area contributed by atoms with Crippen molar-refractivity contribution in [2.75, 3.05) is 14.1 Å². The Kier molecular flexibility index (Phi) is 4.44. The van der Waals surface area contributed by atoms with Crippen molar-refractivity contribution in [3.63, 3.8) is 0 Å². The van der Waals surface area contributed by atoms with Gasteiger partial charge in [-0.25, -0.2) is 0 Å². The van der Waals surface area contributed by atoms with Crippen molar-refractivity contribution in [1.82, 2.24) is 10.1 Å². The van der Waals surface area contributed by atoms with Crippen molar-refractivity contribution in [1.29, 1.82) is 0 Å². The molecule has 2 atom stereocenters. The maximum Gasteiger partial charge on any atom is 0.174 e. The Bertz CT molecular complexity index is 634. The van der Waals surface area contributed by atoms with Crippen LogP contribution in [0.3, 0.4) is 0 Å². The van der Waals surface area contributed by atoms with Crippen molar-refractivity contribution >= 4 is 0 Å². The minimum absolute atomic E-state index is 0.323. The monoisotopic (exact) mass is 314 g/mol. The van der Waals surface area contributed by atoms with Crippen LogP contribution in [-0.2, 0) is 13.0 Å². The minimum Gasteiger partial charge on any atom is -0.486 e. The molecule has 0 amide bonds. The number of para-hydroxylation sites is 1. The van der Waals surface area contributed by atoms with Gasteiger partial charge < -0.3 is 14.2 Å². The molecule has 3 rings (SSSR count). The smallest absolute Gasteiger partial charge is 0.174 e. The zero-order valence-electron chi connectivity index (χ0n) is 14.5. The molecule has 0 unspecified atom stereocenters. The maximum absolute atomic E-state index is 5.70. The molecule has 23 heavy (non-hydrogen) atoms. The van der Waals surface area contributed by atoms with E-state index in [1.807, 2.05) is 36.4 Å². The van der Waals surface area contributed by atoms with E-state index in [1.54, 1.807) is 0 Å². The summed E-state index contributed by atoms with van der Waals surface area (Å²) in [6, 6.07) is 12.5. The Morgan fingerprint density at radius 2 is 2.00 bits per heavy atom. The van der Waals surface area contributed by atoms with Crippen LogP contribution >= 0.6 is 0 Å². The van der Waals surface area contributed by atoms with Crippen LogP contribution in [0.4, 0.5) is 0 Å². The molecule has 0 spiro atoms. The van der Waals surface area contributed by atoms with Gasteiger partial charge in [-0.1, -0.05) is 37.2 Å². The Balaban J connectivity index is 1.54. The van der Waals surface area contributed by atoms with E-state index in [0.717, 1.165) is 23.6 Å². The molecule has 0 saturated heterocycles. The van der Waals surface area contributed by atoms with E-state index in [9.17, 15) is 0 Å². The van der Waals surface area contributed by atoms with Crippen molar-refractivity contribution < 1.29 is 9.26 Å². The summed E-state index contributed by atoms with van der Waals surface area (Å²) in [5, 5.41) is 4.22. The van der Waals surface area contributed by atoms with Gasteiger partial charge in [-0.2, -0.15) is 0 Å². The molecule has 1 aliphatic carbocycles. The molecule has 1 saturated carbocycles. The van der Waals surface area contributed by atoms with E-state index in [2.05, 4.69) is 38.0 Å². The predicted molar refractivity (Wildman–Crippen MR) is 90.3 cm³/mol. The number of hydrogen-bond donors (Lipinski definition) is 0. The first kappa shape index (κ1) is 16.1. The number of benzene rings is 1. The molecule has 1 aromatic heterocycles. The van der Waals surface area contributed by atoms with E-state index in [0.29, 0.717) is 24.0 Å². The minimum atomic E-state index is 0.323. The highest BCUT2D eigenvalue weighted by atomic mass is 16.5. The summed E-state index contributed by atoms with van der Waals surface area (Å²) in [5.41, 5.74) is 1.36. The molecule has 4 nitrogen and oxygen atoms in total. The lowest BCUT2D eigenvalue weighted by Gasteiger charge is -2.55. The van der Waals surface area contributed by atoms with E-state index in [-0.39, 0.29) is 0 Å². The van der Waals surface area contributed by atoms with Gasteiger partial charge in [0.1, 0.15) is 12.4 Å². The summed E-state index contributed by atoms with van der Waals surface area (Å²) in [6.07, 6.45) is 2.20. The fourth-order valence-electron chi connectivity index (χ4n) is 3.65. The fraction of sp³-hybridized carbons (Fsp3) is 0.526. The van der Waals surface area contributed by atoms with E-state index in [1.165, 1.54) is 6.42 Å². The lowest BCUT2D eigenvalue weighted by Crippen LogP contribution is -2.56. The Hall–Kier alpha value is -1.81.